The van der Waals surface area contributed by atoms with Gasteiger partial charge in [-0.3, -0.25) is 4.90 Å². The number of nitrogens with zero attached hydrogens (tertiary/aromatic N) is 2. The lowest BCUT2D eigenvalue weighted by molar-refractivity contribution is 0.172. The minimum absolute atomic E-state index is 0.0153. The predicted octanol–water partition coefficient (Wildman–Crippen LogP) is 4.35. The van der Waals surface area contributed by atoms with Gasteiger partial charge < -0.3 is 5.32 Å². The lowest BCUT2D eigenvalue weighted by Crippen LogP contribution is -2.36. The molecule has 1 saturated heterocycles. The van der Waals surface area contributed by atoms with E-state index in [-0.39, 0.29) is 12.2 Å². The number of hydrogen-bond acceptors (Lipinski definition) is 6. The third kappa shape index (κ3) is 4.91. The van der Waals surface area contributed by atoms with Gasteiger partial charge in [0.05, 0.1) is 5.75 Å². The molecule has 0 saturated carbocycles. The third-order valence-electron chi connectivity index (χ3n) is 5.18. The first-order valence-corrected chi connectivity index (χ1v) is 12.1. The fourth-order valence-electron chi connectivity index (χ4n) is 3.47. The van der Waals surface area contributed by atoms with Crippen molar-refractivity contribution in [3.63, 3.8) is 0 Å². The van der Waals surface area contributed by atoms with Gasteiger partial charge in [0.1, 0.15) is 22.3 Å². The van der Waals surface area contributed by atoms with E-state index in [1.165, 1.54) is 17.6 Å². The van der Waals surface area contributed by atoms with E-state index in [0.717, 1.165) is 48.7 Å². The van der Waals surface area contributed by atoms with Gasteiger partial charge in [0.15, 0.2) is 9.84 Å². The SMILES string of the molecule is O=S(=O)(Cc1cnsc1)c1c(F)cc(NCc2c(F)cccc2CN2CCC2)cc1F. The fourth-order valence-corrected chi connectivity index (χ4v) is 5.56. The molecule has 10 heteroatoms. The van der Waals surface area contributed by atoms with Crippen molar-refractivity contribution in [1.29, 1.82) is 0 Å². The van der Waals surface area contributed by atoms with Crippen LogP contribution in [0.2, 0.25) is 0 Å². The topological polar surface area (TPSA) is 62.3 Å². The van der Waals surface area contributed by atoms with E-state index in [2.05, 4.69) is 14.6 Å². The first-order chi connectivity index (χ1) is 14.8. The highest BCUT2D eigenvalue weighted by Gasteiger charge is 2.26. The van der Waals surface area contributed by atoms with Gasteiger partial charge in [-0.05, 0) is 60.4 Å². The largest absolute Gasteiger partial charge is 0.381 e. The summed E-state index contributed by atoms with van der Waals surface area (Å²) < 4.78 is 72.3. The summed E-state index contributed by atoms with van der Waals surface area (Å²) in [6.07, 6.45) is 2.46. The number of anilines is 1. The number of aromatic nitrogens is 1. The second kappa shape index (κ2) is 8.97. The highest BCUT2D eigenvalue weighted by Crippen LogP contribution is 2.27. The standard InChI is InChI=1S/C21H20F3N3O2S2/c22-18-4-1-3-15(11-27-5-2-6-27)17(18)10-25-16-7-19(23)21(20(24)8-16)31(28,29)13-14-9-26-30-12-14/h1,3-4,7-9,12,25H,2,5-6,10-11,13H2. The molecule has 0 amide bonds. The smallest absolute Gasteiger partial charge is 0.188 e. The van der Waals surface area contributed by atoms with Gasteiger partial charge in [0.25, 0.3) is 0 Å². The highest BCUT2D eigenvalue weighted by atomic mass is 32.2. The maximum absolute atomic E-state index is 14.6. The van der Waals surface area contributed by atoms with Crippen LogP contribution in [0.4, 0.5) is 18.9 Å². The summed E-state index contributed by atoms with van der Waals surface area (Å²) in [5.74, 6) is -3.34. The van der Waals surface area contributed by atoms with Gasteiger partial charge in [-0.2, -0.15) is 0 Å². The maximum Gasteiger partial charge on any atom is 0.188 e. The normalized spacial score (nSPS) is 14.4. The molecule has 0 aliphatic carbocycles. The Labute approximate surface area is 182 Å². The molecule has 2 heterocycles. The first-order valence-electron chi connectivity index (χ1n) is 9.66. The zero-order valence-electron chi connectivity index (χ0n) is 16.4. The van der Waals surface area contributed by atoms with Gasteiger partial charge >= 0.3 is 0 Å². The summed E-state index contributed by atoms with van der Waals surface area (Å²) in [4.78, 5) is 1.20. The minimum atomic E-state index is -4.23. The Morgan fingerprint density at radius 2 is 1.84 bits per heavy atom. The molecule has 164 valence electrons. The fraction of sp³-hybridized carbons (Fsp3) is 0.286. The van der Waals surface area contributed by atoms with Crippen LogP contribution in [-0.2, 0) is 28.7 Å². The Bertz CT molecular complexity index is 1160. The maximum atomic E-state index is 14.6. The van der Waals surface area contributed by atoms with Crippen molar-refractivity contribution in [3.8, 4) is 0 Å². The number of benzene rings is 2. The first kappa shape index (κ1) is 21.8. The molecular formula is C21H20F3N3O2S2. The number of sulfone groups is 1. The molecule has 3 aromatic rings. The van der Waals surface area contributed by atoms with E-state index in [9.17, 15) is 21.6 Å². The zero-order chi connectivity index (χ0) is 22.0. The van der Waals surface area contributed by atoms with Crippen LogP contribution < -0.4 is 5.32 Å². The number of halogens is 3. The van der Waals surface area contributed by atoms with E-state index in [0.29, 0.717) is 17.7 Å². The average Bonchev–Trinajstić information content (AvgIpc) is 3.15. The Hall–Kier alpha value is -2.43. The van der Waals surface area contributed by atoms with Gasteiger partial charge in [-0.1, -0.05) is 12.1 Å². The second-order valence-corrected chi connectivity index (χ2v) is 10.0. The van der Waals surface area contributed by atoms with Crippen molar-refractivity contribution in [2.24, 2.45) is 0 Å². The molecule has 1 aromatic heterocycles. The van der Waals surface area contributed by atoms with Crippen LogP contribution in [0.15, 0.2) is 46.8 Å². The van der Waals surface area contributed by atoms with Crippen LogP contribution in [-0.4, -0.2) is 30.8 Å². The Kier molecular flexibility index (Phi) is 6.31. The molecule has 1 aliphatic rings. The van der Waals surface area contributed by atoms with E-state index < -0.39 is 37.9 Å². The predicted molar refractivity (Wildman–Crippen MR) is 113 cm³/mol. The van der Waals surface area contributed by atoms with Crippen molar-refractivity contribution in [1.82, 2.24) is 9.27 Å². The Morgan fingerprint density at radius 3 is 2.45 bits per heavy atom. The molecule has 0 atom stereocenters. The Balaban J connectivity index is 1.53. The van der Waals surface area contributed by atoms with Crippen molar-refractivity contribution < 1.29 is 21.6 Å². The van der Waals surface area contributed by atoms with Crippen LogP contribution in [0.25, 0.3) is 0 Å². The number of nitrogens with one attached hydrogen (secondary N) is 1. The molecular weight excluding hydrogens is 447 g/mol. The van der Waals surface area contributed by atoms with E-state index in [4.69, 9.17) is 0 Å². The number of hydrogen-bond donors (Lipinski definition) is 1. The average molecular weight is 468 g/mol. The van der Waals surface area contributed by atoms with Gasteiger partial charge in [-0.15, -0.1) is 0 Å². The molecule has 0 unspecified atom stereocenters. The van der Waals surface area contributed by atoms with Crippen molar-refractivity contribution in [3.05, 3.63) is 76.1 Å². The van der Waals surface area contributed by atoms with Crippen molar-refractivity contribution >= 4 is 27.1 Å². The number of likely N-dealkylation sites (tertiary alicyclic amines) is 1. The Morgan fingerprint density at radius 1 is 1.10 bits per heavy atom. The van der Waals surface area contributed by atoms with Gasteiger partial charge in [0.2, 0.25) is 0 Å². The van der Waals surface area contributed by atoms with E-state index in [1.807, 2.05) is 6.07 Å². The van der Waals surface area contributed by atoms with Crippen LogP contribution in [0.1, 0.15) is 23.1 Å². The molecule has 31 heavy (non-hydrogen) atoms. The molecule has 2 aromatic carbocycles. The molecule has 1 N–H and O–H groups in total. The molecule has 1 aliphatic heterocycles. The summed E-state index contributed by atoms with van der Waals surface area (Å²) in [7, 11) is -4.23. The molecule has 1 fully saturated rings. The summed E-state index contributed by atoms with van der Waals surface area (Å²) in [6, 6.07) is 6.63. The monoisotopic (exact) mass is 467 g/mol. The molecule has 0 bridgehead atoms. The molecule has 0 radical (unpaired) electrons. The van der Waals surface area contributed by atoms with Crippen molar-refractivity contribution in [2.45, 2.75) is 30.2 Å². The third-order valence-corrected chi connectivity index (χ3v) is 7.54. The van der Waals surface area contributed by atoms with E-state index in [1.54, 1.807) is 6.07 Å². The highest BCUT2D eigenvalue weighted by molar-refractivity contribution is 7.90. The van der Waals surface area contributed by atoms with Crippen LogP contribution >= 0.6 is 11.5 Å². The molecule has 4 rings (SSSR count). The molecule has 0 spiro atoms. The van der Waals surface area contributed by atoms with Gasteiger partial charge in [-0.25, -0.2) is 26.0 Å². The lowest BCUT2D eigenvalue weighted by atomic mass is 10.0. The van der Waals surface area contributed by atoms with Crippen LogP contribution in [0, 0.1) is 17.5 Å². The quantitative estimate of drug-likeness (QED) is 0.534. The summed E-state index contributed by atoms with van der Waals surface area (Å²) in [5, 5.41) is 4.33. The number of rotatable bonds is 8. The second-order valence-electron chi connectivity index (χ2n) is 7.42. The van der Waals surface area contributed by atoms with Crippen molar-refractivity contribution in [2.75, 3.05) is 18.4 Å². The molecule has 5 nitrogen and oxygen atoms in total. The van der Waals surface area contributed by atoms with Gasteiger partial charge in [0, 0.05) is 35.9 Å². The van der Waals surface area contributed by atoms with E-state index >= 15 is 0 Å². The summed E-state index contributed by atoms with van der Waals surface area (Å²) in [5.41, 5.74) is 1.61. The summed E-state index contributed by atoms with van der Waals surface area (Å²) in [6.45, 7) is 2.53. The zero-order valence-corrected chi connectivity index (χ0v) is 18.1. The van der Waals surface area contributed by atoms with Crippen LogP contribution in [0.3, 0.4) is 0 Å². The van der Waals surface area contributed by atoms with Crippen LogP contribution in [0.5, 0.6) is 0 Å². The minimum Gasteiger partial charge on any atom is -0.381 e. The lowest BCUT2D eigenvalue weighted by Gasteiger charge is -2.31. The summed E-state index contributed by atoms with van der Waals surface area (Å²) >= 11 is 1.06.